The first-order chi connectivity index (χ1) is 8.40. The molecule has 0 saturated carbocycles. The van der Waals surface area contributed by atoms with E-state index in [4.69, 9.17) is 10.2 Å². The molecule has 1 unspecified atom stereocenters. The van der Waals surface area contributed by atoms with Gasteiger partial charge in [-0.1, -0.05) is 0 Å². The molecule has 1 heterocycles. The number of nitrogens with zero attached hydrogens (tertiary/aromatic N) is 1. The van der Waals surface area contributed by atoms with Crippen molar-refractivity contribution in [3.63, 3.8) is 0 Å². The Bertz CT molecular complexity index is 561. The summed E-state index contributed by atoms with van der Waals surface area (Å²) in [7, 11) is 0. The lowest BCUT2D eigenvalue weighted by Gasteiger charge is -2.12. The van der Waals surface area contributed by atoms with Crippen LogP contribution in [0.3, 0.4) is 0 Å². The quantitative estimate of drug-likeness (QED) is 0.398. The smallest absolute Gasteiger partial charge is 0.342 e. The van der Waals surface area contributed by atoms with Crippen LogP contribution in [0.4, 0.5) is 5.82 Å². The largest absolute Gasteiger partial charge is 0.481 e. The molecule has 0 aromatic carbocycles. The summed E-state index contributed by atoms with van der Waals surface area (Å²) in [4.78, 5) is 44.9. The van der Waals surface area contributed by atoms with E-state index in [2.05, 4.69) is 10.4 Å². The molecule has 0 bridgehead atoms. The molecule has 5 N–H and O–H groups in total. The molecule has 10 nitrogen and oxygen atoms in total. The number of carboxylic acid groups (broad SMARTS) is 2. The highest BCUT2D eigenvalue weighted by atomic mass is 16.4. The Morgan fingerprint density at radius 1 is 1.33 bits per heavy atom. The number of hydrogen-bond donors (Lipinski definition) is 5. The lowest BCUT2D eigenvalue weighted by atomic mass is 10.1. The molecule has 0 saturated heterocycles. The molecule has 0 spiro atoms. The average Bonchev–Trinajstić information content (AvgIpc) is 2.26. The number of nitrogens with one attached hydrogen (secondary N) is 3. The molecule has 0 aliphatic carbocycles. The number of aromatic amines is 2. The summed E-state index contributed by atoms with van der Waals surface area (Å²) in [5.41, 5.74) is -1.72. The van der Waals surface area contributed by atoms with Crippen molar-refractivity contribution in [2.24, 2.45) is 0 Å². The maximum Gasteiger partial charge on any atom is 0.342 e. The first-order valence-corrected chi connectivity index (χ1v) is 4.80. The Hall–Kier alpha value is -2.65. The second-order valence-electron chi connectivity index (χ2n) is 3.32. The fourth-order valence-electron chi connectivity index (χ4n) is 1.14. The SMILES string of the molecule is O=C(O)CCC(Nc1n[nH]c(=O)[nH]c1=O)C(=O)O. The standard InChI is InChI=1S/C8H10N4O6/c13-4(14)2-1-3(7(16)17)9-5-6(15)10-8(18)12-11-5/h3H,1-2H2,(H,9,11)(H,13,14)(H,16,17)(H2,10,12,15,18). The second kappa shape index (κ2) is 5.61. The molecule has 1 aromatic rings. The Morgan fingerprint density at radius 2 is 2.00 bits per heavy atom. The molecule has 0 aliphatic heterocycles. The summed E-state index contributed by atoms with van der Waals surface area (Å²) < 4.78 is 0. The van der Waals surface area contributed by atoms with Crippen molar-refractivity contribution < 1.29 is 19.8 Å². The Balaban J connectivity index is 2.83. The zero-order valence-electron chi connectivity index (χ0n) is 8.97. The number of rotatable bonds is 6. The van der Waals surface area contributed by atoms with E-state index in [1.54, 1.807) is 0 Å². The molecule has 1 aromatic heterocycles. The first-order valence-electron chi connectivity index (χ1n) is 4.80. The van der Waals surface area contributed by atoms with E-state index in [0.717, 1.165) is 0 Å². The molecular weight excluding hydrogens is 248 g/mol. The van der Waals surface area contributed by atoms with Crippen LogP contribution in [0.5, 0.6) is 0 Å². The van der Waals surface area contributed by atoms with Gasteiger partial charge in [0.1, 0.15) is 6.04 Å². The number of anilines is 1. The van der Waals surface area contributed by atoms with Crippen LogP contribution in [0.15, 0.2) is 9.59 Å². The summed E-state index contributed by atoms with van der Waals surface area (Å²) >= 11 is 0. The predicted molar refractivity (Wildman–Crippen MR) is 57.4 cm³/mol. The van der Waals surface area contributed by atoms with Crippen LogP contribution < -0.4 is 16.6 Å². The fourth-order valence-corrected chi connectivity index (χ4v) is 1.14. The summed E-state index contributed by atoms with van der Waals surface area (Å²) in [5, 5.41) is 24.8. The molecule has 0 radical (unpaired) electrons. The number of H-pyrrole nitrogens is 2. The summed E-state index contributed by atoms with van der Waals surface area (Å²) in [5.74, 6) is -2.89. The Labute approximate surface area is 98.7 Å². The molecule has 0 amide bonds. The van der Waals surface area contributed by atoms with Gasteiger partial charge in [-0.2, -0.15) is 0 Å². The Morgan fingerprint density at radius 3 is 2.50 bits per heavy atom. The van der Waals surface area contributed by atoms with E-state index < -0.39 is 35.0 Å². The van der Waals surface area contributed by atoms with Crippen LogP contribution in [0.25, 0.3) is 0 Å². The lowest BCUT2D eigenvalue weighted by Crippen LogP contribution is -2.35. The van der Waals surface area contributed by atoms with Crippen LogP contribution in [0.2, 0.25) is 0 Å². The maximum atomic E-state index is 11.2. The van der Waals surface area contributed by atoms with E-state index in [0.29, 0.717) is 0 Å². The molecule has 98 valence electrons. The maximum absolute atomic E-state index is 11.2. The zero-order chi connectivity index (χ0) is 13.7. The minimum absolute atomic E-state index is 0.231. The van der Waals surface area contributed by atoms with E-state index >= 15 is 0 Å². The van der Waals surface area contributed by atoms with Crippen molar-refractivity contribution in [1.29, 1.82) is 0 Å². The van der Waals surface area contributed by atoms with Gasteiger partial charge < -0.3 is 15.5 Å². The molecule has 10 heteroatoms. The van der Waals surface area contributed by atoms with Gasteiger partial charge in [-0.15, -0.1) is 5.10 Å². The van der Waals surface area contributed by atoms with Crippen molar-refractivity contribution in [1.82, 2.24) is 15.2 Å². The van der Waals surface area contributed by atoms with Gasteiger partial charge in [-0.3, -0.25) is 14.6 Å². The minimum atomic E-state index is -1.33. The van der Waals surface area contributed by atoms with Crippen molar-refractivity contribution in [2.75, 3.05) is 5.32 Å². The molecule has 1 rings (SSSR count). The van der Waals surface area contributed by atoms with Crippen molar-refractivity contribution >= 4 is 17.8 Å². The Kier molecular flexibility index (Phi) is 4.18. The summed E-state index contributed by atoms with van der Waals surface area (Å²) in [6.45, 7) is 0. The monoisotopic (exact) mass is 258 g/mol. The van der Waals surface area contributed by atoms with Crippen LogP contribution in [-0.4, -0.2) is 43.4 Å². The van der Waals surface area contributed by atoms with Crippen molar-refractivity contribution in [2.45, 2.75) is 18.9 Å². The predicted octanol–water partition coefficient (Wildman–Crippen LogP) is -1.81. The zero-order valence-corrected chi connectivity index (χ0v) is 8.97. The highest BCUT2D eigenvalue weighted by molar-refractivity contribution is 5.77. The normalized spacial score (nSPS) is 11.8. The van der Waals surface area contributed by atoms with E-state index in [9.17, 15) is 19.2 Å². The van der Waals surface area contributed by atoms with Crippen LogP contribution in [0.1, 0.15) is 12.8 Å². The number of carboxylic acids is 2. The molecule has 18 heavy (non-hydrogen) atoms. The molecule has 1 atom stereocenters. The summed E-state index contributed by atoms with van der Waals surface area (Å²) in [6, 6.07) is -1.29. The van der Waals surface area contributed by atoms with Gasteiger partial charge >= 0.3 is 17.6 Å². The topological polar surface area (TPSA) is 165 Å². The van der Waals surface area contributed by atoms with E-state index in [-0.39, 0.29) is 12.8 Å². The third-order valence-electron chi connectivity index (χ3n) is 1.97. The third-order valence-corrected chi connectivity index (χ3v) is 1.97. The first kappa shape index (κ1) is 13.4. The van der Waals surface area contributed by atoms with Gasteiger partial charge in [-0.05, 0) is 6.42 Å². The van der Waals surface area contributed by atoms with Gasteiger partial charge in [0.2, 0.25) is 5.82 Å². The third kappa shape index (κ3) is 3.73. The molecular formula is C8H10N4O6. The number of aliphatic carboxylic acids is 2. The van der Waals surface area contributed by atoms with Gasteiger partial charge in [-0.25, -0.2) is 14.7 Å². The average molecular weight is 258 g/mol. The van der Waals surface area contributed by atoms with Gasteiger partial charge in [0.15, 0.2) is 0 Å². The fraction of sp³-hybridized carbons (Fsp3) is 0.375. The number of carbonyl (C=O) groups is 2. The van der Waals surface area contributed by atoms with E-state index in [1.165, 1.54) is 0 Å². The second-order valence-corrected chi connectivity index (χ2v) is 3.32. The lowest BCUT2D eigenvalue weighted by molar-refractivity contribution is -0.139. The highest BCUT2D eigenvalue weighted by Gasteiger charge is 2.20. The van der Waals surface area contributed by atoms with Crippen LogP contribution >= 0.6 is 0 Å². The van der Waals surface area contributed by atoms with Crippen LogP contribution in [0, 0.1) is 0 Å². The molecule has 0 aliphatic rings. The molecule has 0 fully saturated rings. The van der Waals surface area contributed by atoms with Gasteiger partial charge in [0, 0.05) is 6.42 Å². The number of hydrogen-bond acceptors (Lipinski definition) is 6. The number of aromatic nitrogens is 3. The van der Waals surface area contributed by atoms with Crippen molar-refractivity contribution in [3.8, 4) is 0 Å². The highest BCUT2D eigenvalue weighted by Crippen LogP contribution is 2.03. The van der Waals surface area contributed by atoms with Gasteiger partial charge in [0.05, 0.1) is 0 Å². The minimum Gasteiger partial charge on any atom is -0.481 e. The van der Waals surface area contributed by atoms with E-state index in [1.807, 2.05) is 10.1 Å². The van der Waals surface area contributed by atoms with Crippen LogP contribution in [-0.2, 0) is 9.59 Å². The van der Waals surface area contributed by atoms with Crippen molar-refractivity contribution in [3.05, 3.63) is 20.8 Å². The van der Waals surface area contributed by atoms with Gasteiger partial charge in [0.25, 0.3) is 5.56 Å². The summed E-state index contributed by atoms with van der Waals surface area (Å²) in [6.07, 6.45) is -0.615.